The van der Waals surface area contributed by atoms with Crippen LogP contribution in [-0.4, -0.2) is 69.8 Å². The Hall–Kier alpha value is -0.170. The van der Waals surface area contributed by atoms with Crippen molar-refractivity contribution in [1.29, 1.82) is 0 Å². The predicted octanol–water partition coefficient (Wildman–Crippen LogP) is -0.128. The number of nitrogens with one attached hydrogen (secondary N) is 1. The molecule has 2 heterocycles. The first kappa shape index (κ1) is 14.2. The van der Waals surface area contributed by atoms with Crippen LogP contribution in [0.1, 0.15) is 19.8 Å². The summed E-state index contributed by atoms with van der Waals surface area (Å²) in [5.74, 6) is 0.669. The van der Waals surface area contributed by atoms with Crippen molar-refractivity contribution in [2.24, 2.45) is 0 Å². The van der Waals surface area contributed by atoms with Crippen LogP contribution in [0.3, 0.4) is 0 Å². The lowest BCUT2D eigenvalue weighted by Crippen LogP contribution is -2.47. The van der Waals surface area contributed by atoms with Gasteiger partial charge >= 0.3 is 0 Å². The van der Waals surface area contributed by atoms with Gasteiger partial charge in [0, 0.05) is 24.7 Å². The topological polar surface area (TPSA) is 58.6 Å². The normalized spacial score (nSPS) is 33.7. The molecule has 2 rings (SSSR count). The second-order valence-corrected chi connectivity index (χ2v) is 7.76. The van der Waals surface area contributed by atoms with Crippen LogP contribution in [0.5, 0.6) is 0 Å². The van der Waals surface area contributed by atoms with Crippen LogP contribution in [0.4, 0.5) is 0 Å². The first-order valence-corrected chi connectivity index (χ1v) is 8.53. The monoisotopic (exact) mass is 276 g/mol. The summed E-state index contributed by atoms with van der Waals surface area (Å²) in [6.45, 7) is 4.64. The van der Waals surface area contributed by atoms with Gasteiger partial charge in [-0.1, -0.05) is 0 Å². The summed E-state index contributed by atoms with van der Waals surface area (Å²) in [6.07, 6.45) is 1.78. The molecule has 0 aliphatic carbocycles. The Morgan fingerprint density at radius 3 is 2.83 bits per heavy atom. The Labute approximate surface area is 110 Å². The summed E-state index contributed by atoms with van der Waals surface area (Å²) >= 11 is 0. The van der Waals surface area contributed by atoms with E-state index in [1.807, 2.05) is 7.05 Å². The van der Waals surface area contributed by atoms with Gasteiger partial charge in [-0.05, 0) is 26.8 Å². The Morgan fingerprint density at radius 2 is 2.28 bits per heavy atom. The molecule has 3 atom stereocenters. The zero-order valence-electron chi connectivity index (χ0n) is 11.3. The molecule has 0 aromatic carbocycles. The standard InChI is InChI=1S/C12H24N2O3S/c1-10(7-11-8-17-5-4-13-11)14(2)12-3-6-18(15,16)9-12/h10-13H,3-9H2,1-2H3. The molecule has 0 amide bonds. The van der Waals surface area contributed by atoms with Crippen molar-refractivity contribution in [1.82, 2.24) is 10.2 Å². The molecular weight excluding hydrogens is 252 g/mol. The summed E-state index contributed by atoms with van der Waals surface area (Å²) in [7, 11) is -0.748. The number of rotatable bonds is 4. The van der Waals surface area contributed by atoms with Gasteiger partial charge in [0.05, 0.1) is 24.7 Å². The van der Waals surface area contributed by atoms with Gasteiger partial charge in [-0.25, -0.2) is 8.42 Å². The molecule has 0 saturated carbocycles. The van der Waals surface area contributed by atoms with Crippen LogP contribution in [0, 0.1) is 0 Å². The highest BCUT2D eigenvalue weighted by atomic mass is 32.2. The third kappa shape index (κ3) is 3.66. The van der Waals surface area contributed by atoms with E-state index >= 15 is 0 Å². The molecule has 0 aromatic rings. The van der Waals surface area contributed by atoms with Crippen molar-refractivity contribution in [2.45, 2.75) is 37.9 Å². The van der Waals surface area contributed by atoms with E-state index in [0.717, 1.165) is 32.6 Å². The van der Waals surface area contributed by atoms with Gasteiger partial charge in [-0.2, -0.15) is 0 Å². The summed E-state index contributed by atoms with van der Waals surface area (Å²) in [4.78, 5) is 2.22. The maximum atomic E-state index is 11.5. The Balaban J connectivity index is 1.82. The second-order valence-electron chi connectivity index (χ2n) is 5.53. The van der Waals surface area contributed by atoms with E-state index < -0.39 is 9.84 Å². The minimum Gasteiger partial charge on any atom is -0.379 e. The fraction of sp³-hybridized carbons (Fsp3) is 1.00. The van der Waals surface area contributed by atoms with Crippen LogP contribution >= 0.6 is 0 Å². The van der Waals surface area contributed by atoms with E-state index in [2.05, 4.69) is 17.1 Å². The van der Waals surface area contributed by atoms with Crippen molar-refractivity contribution < 1.29 is 13.2 Å². The van der Waals surface area contributed by atoms with Gasteiger partial charge in [0.25, 0.3) is 0 Å². The highest BCUT2D eigenvalue weighted by Gasteiger charge is 2.33. The summed E-state index contributed by atoms with van der Waals surface area (Å²) in [5.41, 5.74) is 0. The number of nitrogens with zero attached hydrogens (tertiary/aromatic N) is 1. The smallest absolute Gasteiger partial charge is 0.151 e. The van der Waals surface area contributed by atoms with Crippen molar-refractivity contribution >= 4 is 9.84 Å². The molecule has 6 heteroatoms. The lowest BCUT2D eigenvalue weighted by Gasteiger charge is -2.33. The molecule has 5 nitrogen and oxygen atoms in total. The quantitative estimate of drug-likeness (QED) is 0.775. The fourth-order valence-corrected chi connectivity index (χ4v) is 4.59. The number of hydrogen-bond donors (Lipinski definition) is 1. The average Bonchev–Trinajstić information content (AvgIpc) is 2.70. The zero-order chi connectivity index (χ0) is 13.2. The van der Waals surface area contributed by atoms with Gasteiger partial charge in [0.15, 0.2) is 9.84 Å². The molecular formula is C12H24N2O3S. The van der Waals surface area contributed by atoms with E-state index in [9.17, 15) is 8.42 Å². The van der Waals surface area contributed by atoms with Crippen molar-refractivity contribution in [3.05, 3.63) is 0 Å². The van der Waals surface area contributed by atoms with Gasteiger partial charge in [-0.3, -0.25) is 4.90 Å². The molecule has 0 radical (unpaired) electrons. The fourth-order valence-electron chi connectivity index (χ4n) is 2.81. The van der Waals surface area contributed by atoms with Crippen LogP contribution < -0.4 is 5.32 Å². The number of hydrogen-bond acceptors (Lipinski definition) is 5. The highest BCUT2D eigenvalue weighted by molar-refractivity contribution is 7.91. The zero-order valence-corrected chi connectivity index (χ0v) is 12.1. The maximum Gasteiger partial charge on any atom is 0.151 e. The highest BCUT2D eigenvalue weighted by Crippen LogP contribution is 2.20. The van der Waals surface area contributed by atoms with Gasteiger partial charge in [-0.15, -0.1) is 0 Å². The summed E-state index contributed by atoms with van der Waals surface area (Å²) in [5, 5.41) is 3.44. The van der Waals surface area contributed by atoms with E-state index in [1.165, 1.54) is 0 Å². The lowest BCUT2D eigenvalue weighted by molar-refractivity contribution is 0.0612. The maximum absolute atomic E-state index is 11.5. The number of ether oxygens (including phenoxy) is 1. The van der Waals surface area contributed by atoms with Crippen LogP contribution in [0.25, 0.3) is 0 Å². The SMILES string of the molecule is CC(CC1COCCN1)N(C)C1CCS(=O)(=O)C1. The molecule has 2 aliphatic heterocycles. The third-order valence-electron chi connectivity index (χ3n) is 4.10. The molecule has 18 heavy (non-hydrogen) atoms. The molecule has 1 N–H and O–H groups in total. The lowest BCUT2D eigenvalue weighted by atomic mass is 10.1. The molecule has 3 unspecified atom stereocenters. The van der Waals surface area contributed by atoms with Gasteiger partial charge in [0.1, 0.15) is 0 Å². The van der Waals surface area contributed by atoms with E-state index in [0.29, 0.717) is 23.6 Å². The average molecular weight is 276 g/mol. The molecule has 0 spiro atoms. The molecule has 2 fully saturated rings. The second kappa shape index (κ2) is 5.86. The Morgan fingerprint density at radius 1 is 1.50 bits per heavy atom. The van der Waals surface area contributed by atoms with E-state index in [4.69, 9.17) is 4.74 Å². The van der Waals surface area contributed by atoms with Crippen molar-refractivity contribution in [2.75, 3.05) is 38.3 Å². The van der Waals surface area contributed by atoms with Crippen molar-refractivity contribution in [3.8, 4) is 0 Å². The molecule has 0 aromatic heterocycles. The molecule has 2 saturated heterocycles. The predicted molar refractivity (Wildman–Crippen MR) is 71.5 cm³/mol. The first-order valence-electron chi connectivity index (χ1n) is 6.71. The van der Waals surface area contributed by atoms with Crippen LogP contribution in [0.15, 0.2) is 0 Å². The Kier molecular flexibility index (Phi) is 4.64. The Bertz CT molecular complexity index is 366. The number of morpholine rings is 1. The molecule has 2 aliphatic rings. The van der Waals surface area contributed by atoms with Crippen LogP contribution in [0.2, 0.25) is 0 Å². The van der Waals surface area contributed by atoms with E-state index in [1.54, 1.807) is 0 Å². The molecule has 106 valence electrons. The van der Waals surface area contributed by atoms with Crippen molar-refractivity contribution in [3.63, 3.8) is 0 Å². The largest absolute Gasteiger partial charge is 0.379 e. The molecule has 0 bridgehead atoms. The first-order chi connectivity index (χ1) is 8.48. The van der Waals surface area contributed by atoms with Crippen LogP contribution in [-0.2, 0) is 14.6 Å². The minimum atomic E-state index is -2.79. The number of sulfone groups is 1. The van der Waals surface area contributed by atoms with Gasteiger partial charge in [0.2, 0.25) is 0 Å². The van der Waals surface area contributed by atoms with Gasteiger partial charge < -0.3 is 10.1 Å². The van der Waals surface area contributed by atoms with E-state index in [-0.39, 0.29) is 6.04 Å². The summed E-state index contributed by atoms with van der Waals surface area (Å²) in [6, 6.07) is 0.964. The third-order valence-corrected chi connectivity index (χ3v) is 5.85. The summed E-state index contributed by atoms with van der Waals surface area (Å²) < 4.78 is 28.4. The minimum absolute atomic E-state index is 0.189.